The van der Waals surface area contributed by atoms with Gasteiger partial charge >= 0.3 is 0 Å². The smallest absolute Gasteiger partial charge is 0.0540 e. The van der Waals surface area contributed by atoms with Crippen LogP contribution in [0.3, 0.4) is 0 Å². The zero-order chi connectivity index (χ0) is 55.9. The normalized spacial score (nSPS) is 10.6. The van der Waals surface area contributed by atoms with Crippen LogP contribution < -0.4 is 9.80 Å². The third-order valence-electron chi connectivity index (χ3n) is 14.6. The van der Waals surface area contributed by atoms with Crippen molar-refractivity contribution in [3.05, 3.63) is 340 Å². The lowest BCUT2D eigenvalue weighted by atomic mass is 9.96. The molecule has 12 aromatic carbocycles. The molecule has 0 heterocycles. The van der Waals surface area contributed by atoms with E-state index in [1.165, 1.54) is 89.0 Å². The highest BCUT2D eigenvalue weighted by molar-refractivity contribution is 5.92. The second-order valence-corrected chi connectivity index (χ2v) is 19.8. The van der Waals surface area contributed by atoms with Gasteiger partial charge < -0.3 is 9.80 Å². The van der Waals surface area contributed by atoms with E-state index >= 15 is 0 Å². The summed E-state index contributed by atoms with van der Waals surface area (Å²) >= 11 is 0. The van der Waals surface area contributed by atoms with Gasteiger partial charge in [0.2, 0.25) is 0 Å². The molecule has 0 amide bonds. The van der Waals surface area contributed by atoms with Crippen molar-refractivity contribution >= 4 is 34.1 Å². The minimum atomic E-state index is 1.09. The standard InChI is InChI=1S/C74H56N2.C3H6.C2H4/c1-53-51-65(43-49-71(53)75(73-29-17-15-27-69(73)63-23-11-5-12-24-63)67-45-39-61(40-46-67)59-35-31-57(32-36-59)55-19-7-3-8-20-55)66-44-50-72(54(2)52-66)76(74-30-18-16-28-70(74)64-25-13-6-14-26-64)68-47-41-62(42-48-68)60-37-33-58(34-38-60)56-21-9-4-10-22-56;1-3-2;1-2/h3-52H,1-2H3;3H,1H2,2H3;1-2H2. The quantitative estimate of drug-likeness (QED) is 0.106. The average Bonchev–Trinajstić information content (AvgIpc) is 3.55. The minimum Gasteiger partial charge on any atom is -0.310 e. The maximum Gasteiger partial charge on any atom is 0.0540 e. The van der Waals surface area contributed by atoms with Gasteiger partial charge in [-0.1, -0.05) is 249 Å². The maximum atomic E-state index is 3.36. The van der Waals surface area contributed by atoms with Crippen LogP contribution in [0.25, 0.3) is 77.9 Å². The SMILES string of the molecule is C=C.C=CC.Cc1cc(-c2ccc(N(c3ccc(-c4ccc(-c5ccccc5)cc4)cc3)c3ccccc3-c3ccccc3)c(C)c2)ccc1N(c1ccc(-c2ccc(-c3ccccc3)cc2)cc1)c1ccccc1-c1ccccc1. The van der Waals surface area contributed by atoms with Crippen LogP contribution in [0.15, 0.2) is 329 Å². The molecule has 0 aromatic heterocycles. The molecule has 392 valence electrons. The molecule has 0 saturated heterocycles. The lowest BCUT2D eigenvalue weighted by Crippen LogP contribution is -2.13. The summed E-state index contributed by atoms with van der Waals surface area (Å²) in [5.41, 5.74) is 25.6. The van der Waals surface area contributed by atoms with Crippen molar-refractivity contribution in [2.75, 3.05) is 9.80 Å². The summed E-state index contributed by atoms with van der Waals surface area (Å²) in [6.07, 6.45) is 1.75. The molecule has 0 spiro atoms. The summed E-state index contributed by atoms with van der Waals surface area (Å²) in [4.78, 5) is 4.84. The number of hydrogen-bond acceptors (Lipinski definition) is 2. The molecule has 0 saturated carbocycles. The first-order chi connectivity index (χ1) is 39.9. The fraction of sp³-hybridized carbons (Fsp3) is 0.0380. The van der Waals surface area contributed by atoms with Gasteiger partial charge in [0.1, 0.15) is 0 Å². The Morgan fingerprint density at radius 1 is 0.247 bits per heavy atom. The van der Waals surface area contributed by atoms with Gasteiger partial charge in [0.15, 0.2) is 0 Å². The Morgan fingerprint density at radius 3 is 0.753 bits per heavy atom. The van der Waals surface area contributed by atoms with Crippen LogP contribution >= 0.6 is 0 Å². The maximum absolute atomic E-state index is 3.36. The first kappa shape index (κ1) is 54.1. The van der Waals surface area contributed by atoms with Gasteiger partial charge in [-0.3, -0.25) is 0 Å². The van der Waals surface area contributed by atoms with Gasteiger partial charge in [0, 0.05) is 33.9 Å². The van der Waals surface area contributed by atoms with E-state index < -0.39 is 0 Å². The predicted octanol–water partition coefficient (Wildman–Crippen LogP) is 22.9. The number of para-hydroxylation sites is 2. The van der Waals surface area contributed by atoms with Gasteiger partial charge in [0.05, 0.1) is 11.4 Å². The van der Waals surface area contributed by atoms with Crippen molar-refractivity contribution in [3.8, 4) is 77.9 Å². The lowest BCUT2D eigenvalue weighted by molar-refractivity contribution is 1.24. The molecule has 0 fully saturated rings. The number of benzene rings is 12. The number of anilines is 6. The summed E-state index contributed by atoms with van der Waals surface area (Å²) in [6.45, 7) is 15.7. The van der Waals surface area contributed by atoms with Crippen LogP contribution in [0.5, 0.6) is 0 Å². The van der Waals surface area contributed by atoms with Gasteiger partial charge in [-0.15, -0.1) is 19.7 Å². The second-order valence-electron chi connectivity index (χ2n) is 19.8. The van der Waals surface area contributed by atoms with E-state index in [1.807, 2.05) is 6.92 Å². The van der Waals surface area contributed by atoms with Crippen LogP contribution in [0.2, 0.25) is 0 Å². The second kappa shape index (κ2) is 25.9. The van der Waals surface area contributed by atoms with E-state index in [-0.39, 0.29) is 0 Å². The lowest BCUT2D eigenvalue weighted by Gasteiger charge is -2.30. The number of hydrogen-bond donors (Lipinski definition) is 0. The zero-order valence-corrected chi connectivity index (χ0v) is 46.5. The number of rotatable bonds is 13. The largest absolute Gasteiger partial charge is 0.310 e. The average molecular weight is 1040 g/mol. The van der Waals surface area contributed by atoms with E-state index in [1.54, 1.807) is 6.08 Å². The summed E-state index contributed by atoms with van der Waals surface area (Å²) in [5, 5.41) is 0. The molecular formula is C79H66N2. The molecule has 0 N–H and O–H groups in total. The Bertz CT molecular complexity index is 3700. The summed E-state index contributed by atoms with van der Waals surface area (Å²) in [5.74, 6) is 0. The van der Waals surface area contributed by atoms with Crippen molar-refractivity contribution in [3.63, 3.8) is 0 Å². The molecule has 12 rings (SSSR count). The molecule has 2 heteroatoms. The predicted molar refractivity (Wildman–Crippen MR) is 350 cm³/mol. The number of allylic oxidation sites excluding steroid dienone is 1. The highest BCUT2D eigenvalue weighted by Gasteiger charge is 2.22. The van der Waals surface area contributed by atoms with Crippen LogP contribution in [0.4, 0.5) is 34.1 Å². The topological polar surface area (TPSA) is 6.48 Å². The van der Waals surface area contributed by atoms with Crippen LogP contribution in [0.1, 0.15) is 18.1 Å². The van der Waals surface area contributed by atoms with Gasteiger partial charge in [-0.25, -0.2) is 0 Å². The molecule has 0 aliphatic rings. The molecule has 2 nitrogen and oxygen atoms in total. The Labute approximate surface area is 480 Å². The van der Waals surface area contributed by atoms with Gasteiger partial charge in [-0.2, -0.15) is 0 Å². The Morgan fingerprint density at radius 2 is 0.469 bits per heavy atom. The first-order valence-electron chi connectivity index (χ1n) is 27.6. The number of nitrogens with zero attached hydrogens (tertiary/aromatic N) is 2. The molecule has 0 radical (unpaired) electrons. The molecule has 0 atom stereocenters. The molecule has 0 aliphatic carbocycles. The highest BCUT2D eigenvalue weighted by Crippen LogP contribution is 2.46. The molecule has 0 aliphatic heterocycles. The van der Waals surface area contributed by atoms with Crippen LogP contribution in [-0.4, -0.2) is 0 Å². The van der Waals surface area contributed by atoms with Gasteiger partial charge in [-0.05, 0) is 159 Å². The minimum absolute atomic E-state index is 1.09. The summed E-state index contributed by atoms with van der Waals surface area (Å²) < 4.78 is 0. The van der Waals surface area contributed by atoms with E-state index in [4.69, 9.17) is 0 Å². The third-order valence-corrected chi connectivity index (χ3v) is 14.6. The van der Waals surface area contributed by atoms with E-state index in [2.05, 4.69) is 347 Å². The van der Waals surface area contributed by atoms with E-state index in [0.29, 0.717) is 0 Å². The Balaban J connectivity index is 0.00000143. The molecule has 12 aromatic rings. The fourth-order valence-electron chi connectivity index (χ4n) is 10.6. The Kier molecular flexibility index (Phi) is 17.3. The van der Waals surface area contributed by atoms with Crippen LogP contribution in [-0.2, 0) is 0 Å². The third kappa shape index (κ3) is 12.2. The molecular weight excluding hydrogens is 977 g/mol. The van der Waals surface area contributed by atoms with E-state index in [0.717, 1.165) is 34.1 Å². The summed E-state index contributed by atoms with van der Waals surface area (Å²) in [6, 6.07) is 110. The monoisotopic (exact) mass is 1040 g/mol. The van der Waals surface area contributed by atoms with Crippen molar-refractivity contribution < 1.29 is 0 Å². The van der Waals surface area contributed by atoms with E-state index in [9.17, 15) is 0 Å². The number of aryl methyl sites for hydroxylation is 2. The van der Waals surface area contributed by atoms with Crippen molar-refractivity contribution in [2.45, 2.75) is 20.8 Å². The highest BCUT2D eigenvalue weighted by atomic mass is 15.2. The van der Waals surface area contributed by atoms with Crippen LogP contribution in [0, 0.1) is 13.8 Å². The zero-order valence-electron chi connectivity index (χ0n) is 46.5. The molecule has 0 bridgehead atoms. The van der Waals surface area contributed by atoms with Crippen molar-refractivity contribution in [2.24, 2.45) is 0 Å². The van der Waals surface area contributed by atoms with Gasteiger partial charge in [0.25, 0.3) is 0 Å². The molecule has 81 heavy (non-hydrogen) atoms. The first-order valence-corrected chi connectivity index (χ1v) is 27.6. The van der Waals surface area contributed by atoms with Crippen molar-refractivity contribution in [1.29, 1.82) is 0 Å². The van der Waals surface area contributed by atoms with Crippen molar-refractivity contribution in [1.82, 2.24) is 0 Å². The molecule has 0 unspecified atom stereocenters. The fourth-order valence-corrected chi connectivity index (χ4v) is 10.6. The Hall–Kier alpha value is -10.3. The summed E-state index contributed by atoms with van der Waals surface area (Å²) in [7, 11) is 0.